The first kappa shape index (κ1) is 10.2. The van der Waals surface area contributed by atoms with Crippen LogP contribution in [0.25, 0.3) is 0 Å². The normalized spacial score (nSPS) is 21.1. The minimum absolute atomic E-state index is 0.688. The summed E-state index contributed by atoms with van der Waals surface area (Å²) < 4.78 is 6.95. The van der Waals surface area contributed by atoms with Crippen LogP contribution in [0.4, 0.5) is 0 Å². The molecular formula is C11H14INO. The molecule has 14 heavy (non-hydrogen) atoms. The molecule has 0 radical (unpaired) electrons. The van der Waals surface area contributed by atoms with E-state index in [0.29, 0.717) is 5.92 Å². The lowest BCUT2D eigenvalue weighted by Gasteiger charge is -2.10. The van der Waals surface area contributed by atoms with Gasteiger partial charge in [-0.3, -0.25) is 0 Å². The Morgan fingerprint density at radius 1 is 1.50 bits per heavy atom. The first-order valence-corrected chi connectivity index (χ1v) is 6.01. The minimum atomic E-state index is 0.688. The Hall–Kier alpha value is -0.290. The van der Waals surface area contributed by atoms with Crippen LogP contribution in [0.1, 0.15) is 6.42 Å². The number of ether oxygens (including phenoxy) is 1. The number of benzene rings is 1. The molecule has 1 aliphatic rings. The summed E-state index contributed by atoms with van der Waals surface area (Å²) in [6.45, 7) is 3.08. The van der Waals surface area contributed by atoms with Gasteiger partial charge in [-0.2, -0.15) is 0 Å². The van der Waals surface area contributed by atoms with E-state index in [2.05, 4.69) is 40.0 Å². The largest absolute Gasteiger partial charge is 0.493 e. The van der Waals surface area contributed by atoms with Crippen molar-refractivity contribution in [2.75, 3.05) is 19.7 Å². The molecule has 2 rings (SSSR count). The molecule has 3 heteroatoms. The lowest BCUT2D eigenvalue weighted by atomic mass is 10.1. The second-order valence-electron chi connectivity index (χ2n) is 3.63. The van der Waals surface area contributed by atoms with Gasteiger partial charge in [0, 0.05) is 16.0 Å². The molecule has 0 amide bonds. The van der Waals surface area contributed by atoms with Crippen molar-refractivity contribution in [3.63, 3.8) is 0 Å². The van der Waals surface area contributed by atoms with E-state index in [-0.39, 0.29) is 0 Å². The average molecular weight is 303 g/mol. The topological polar surface area (TPSA) is 21.3 Å². The summed E-state index contributed by atoms with van der Waals surface area (Å²) in [5.74, 6) is 1.68. The van der Waals surface area contributed by atoms with Crippen LogP contribution in [0.15, 0.2) is 24.3 Å². The van der Waals surface area contributed by atoms with Crippen molar-refractivity contribution in [2.45, 2.75) is 6.42 Å². The Kier molecular flexibility index (Phi) is 3.64. The molecule has 2 nitrogen and oxygen atoms in total. The van der Waals surface area contributed by atoms with Crippen LogP contribution in [0.5, 0.6) is 5.75 Å². The molecule has 1 aliphatic heterocycles. The maximum Gasteiger partial charge on any atom is 0.120 e. The van der Waals surface area contributed by atoms with Gasteiger partial charge >= 0.3 is 0 Å². The van der Waals surface area contributed by atoms with Gasteiger partial charge in [-0.25, -0.2) is 0 Å². The molecule has 0 aliphatic carbocycles. The van der Waals surface area contributed by atoms with Gasteiger partial charge in [0.25, 0.3) is 0 Å². The van der Waals surface area contributed by atoms with Crippen molar-refractivity contribution >= 4 is 22.6 Å². The molecule has 1 aromatic rings. The zero-order chi connectivity index (χ0) is 9.80. The van der Waals surface area contributed by atoms with Gasteiger partial charge in [-0.1, -0.05) is 6.07 Å². The lowest BCUT2D eigenvalue weighted by molar-refractivity contribution is 0.260. The van der Waals surface area contributed by atoms with Gasteiger partial charge in [-0.15, -0.1) is 0 Å². The van der Waals surface area contributed by atoms with Crippen LogP contribution in [0, 0.1) is 9.49 Å². The Labute approximate surface area is 98.2 Å². The summed E-state index contributed by atoms with van der Waals surface area (Å²) in [6, 6.07) is 8.20. The molecule has 1 saturated heterocycles. The smallest absolute Gasteiger partial charge is 0.120 e. The number of rotatable bonds is 3. The zero-order valence-corrected chi connectivity index (χ0v) is 10.2. The van der Waals surface area contributed by atoms with Crippen molar-refractivity contribution < 1.29 is 4.74 Å². The first-order valence-electron chi connectivity index (χ1n) is 4.94. The second kappa shape index (κ2) is 4.98. The standard InChI is InChI=1S/C11H14INO/c12-10-2-1-3-11(6-10)14-8-9-4-5-13-7-9/h1-3,6,9,13H,4-5,7-8H2/t9-/m0/s1. The van der Waals surface area contributed by atoms with E-state index in [1.165, 1.54) is 9.99 Å². The van der Waals surface area contributed by atoms with Crippen LogP contribution in [-0.2, 0) is 0 Å². The highest BCUT2D eigenvalue weighted by atomic mass is 127. The molecule has 1 atom stereocenters. The summed E-state index contributed by atoms with van der Waals surface area (Å²) in [4.78, 5) is 0. The Balaban J connectivity index is 1.85. The molecule has 1 fully saturated rings. The average Bonchev–Trinajstić information content (AvgIpc) is 2.67. The van der Waals surface area contributed by atoms with Crippen molar-refractivity contribution in [1.29, 1.82) is 0 Å². The molecule has 1 N–H and O–H groups in total. The summed E-state index contributed by atoms with van der Waals surface area (Å²) >= 11 is 2.30. The maximum absolute atomic E-state index is 5.73. The summed E-state index contributed by atoms with van der Waals surface area (Å²) in [7, 11) is 0. The fraction of sp³-hybridized carbons (Fsp3) is 0.455. The number of nitrogens with one attached hydrogen (secondary N) is 1. The molecule has 0 spiro atoms. The lowest BCUT2D eigenvalue weighted by Crippen LogP contribution is -2.15. The third-order valence-electron chi connectivity index (χ3n) is 2.44. The second-order valence-corrected chi connectivity index (χ2v) is 4.87. The van der Waals surface area contributed by atoms with Gasteiger partial charge < -0.3 is 10.1 Å². The monoisotopic (exact) mass is 303 g/mol. The van der Waals surface area contributed by atoms with Crippen molar-refractivity contribution in [3.05, 3.63) is 27.8 Å². The van der Waals surface area contributed by atoms with E-state index >= 15 is 0 Å². The van der Waals surface area contributed by atoms with Crippen LogP contribution in [0.3, 0.4) is 0 Å². The highest BCUT2D eigenvalue weighted by Crippen LogP contribution is 2.16. The van der Waals surface area contributed by atoms with Gasteiger partial charge in [0.1, 0.15) is 5.75 Å². The Morgan fingerprint density at radius 2 is 2.43 bits per heavy atom. The predicted octanol–water partition coefficient (Wildman–Crippen LogP) is 2.28. The van der Waals surface area contributed by atoms with Gasteiger partial charge in [-0.05, 0) is 53.8 Å². The number of hydrogen-bond donors (Lipinski definition) is 1. The quantitative estimate of drug-likeness (QED) is 0.865. The summed E-state index contributed by atoms with van der Waals surface area (Å²) in [5, 5.41) is 3.34. The molecule has 0 bridgehead atoms. The summed E-state index contributed by atoms with van der Waals surface area (Å²) in [6.07, 6.45) is 1.24. The van der Waals surface area contributed by atoms with Gasteiger partial charge in [0.05, 0.1) is 6.61 Å². The maximum atomic E-state index is 5.73. The molecule has 0 unspecified atom stereocenters. The predicted molar refractivity (Wildman–Crippen MR) is 65.6 cm³/mol. The van der Waals surface area contributed by atoms with E-state index in [4.69, 9.17) is 4.74 Å². The fourth-order valence-electron chi connectivity index (χ4n) is 1.63. The van der Waals surface area contributed by atoms with Gasteiger partial charge in [0.15, 0.2) is 0 Å². The van der Waals surface area contributed by atoms with E-state index in [1.807, 2.05) is 12.1 Å². The Morgan fingerprint density at radius 3 is 3.14 bits per heavy atom. The molecule has 0 saturated carbocycles. The third-order valence-corrected chi connectivity index (χ3v) is 3.12. The van der Waals surface area contributed by atoms with Gasteiger partial charge in [0.2, 0.25) is 0 Å². The molecule has 1 heterocycles. The Bertz CT molecular complexity index is 297. The van der Waals surface area contributed by atoms with Crippen LogP contribution < -0.4 is 10.1 Å². The molecule has 1 aromatic carbocycles. The number of hydrogen-bond acceptors (Lipinski definition) is 2. The highest BCUT2D eigenvalue weighted by molar-refractivity contribution is 14.1. The van der Waals surface area contributed by atoms with Crippen molar-refractivity contribution in [1.82, 2.24) is 5.32 Å². The molecule has 0 aromatic heterocycles. The zero-order valence-electron chi connectivity index (χ0n) is 8.00. The van der Waals surface area contributed by atoms with E-state index < -0.39 is 0 Å². The van der Waals surface area contributed by atoms with Crippen molar-refractivity contribution in [2.24, 2.45) is 5.92 Å². The third kappa shape index (κ3) is 2.85. The van der Waals surface area contributed by atoms with E-state index in [9.17, 15) is 0 Å². The van der Waals surface area contributed by atoms with E-state index in [0.717, 1.165) is 25.4 Å². The van der Waals surface area contributed by atoms with Crippen LogP contribution >= 0.6 is 22.6 Å². The fourth-order valence-corrected chi connectivity index (χ4v) is 2.14. The summed E-state index contributed by atoms with van der Waals surface area (Å²) in [5.41, 5.74) is 0. The minimum Gasteiger partial charge on any atom is -0.493 e. The van der Waals surface area contributed by atoms with Crippen LogP contribution in [-0.4, -0.2) is 19.7 Å². The first-order chi connectivity index (χ1) is 6.84. The highest BCUT2D eigenvalue weighted by Gasteiger charge is 2.14. The SMILES string of the molecule is Ic1cccc(OC[C@H]2CCNC2)c1. The number of halogens is 1. The van der Waals surface area contributed by atoms with Crippen molar-refractivity contribution in [3.8, 4) is 5.75 Å². The van der Waals surface area contributed by atoms with E-state index in [1.54, 1.807) is 0 Å². The van der Waals surface area contributed by atoms with Crippen LogP contribution in [0.2, 0.25) is 0 Å². The molecule has 76 valence electrons. The molecular weight excluding hydrogens is 289 g/mol.